The van der Waals surface area contributed by atoms with Crippen molar-refractivity contribution < 1.29 is 18.7 Å². The second-order valence-electron chi connectivity index (χ2n) is 7.16. The van der Waals surface area contributed by atoms with Crippen LogP contribution in [-0.4, -0.2) is 36.9 Å². The third-order valence-electron chi connectivity index (χ3n) is 5.27. The summed E-state index contributed by atoms with van der Waals surface area (Å²) < 4.78 is 11.2. The molecule has 1 N–H and O–H groups in total. The molecule has 4 rings (SSSR count). The SMILES string of the molecule is COc1ccccc1C(=O)Nc1c(C(=O)N2CCCCCC2)oc2ccccc12. The fourth-order valence-electron chi connectivity index (χ4n) is 3.75. The van der Waals surface area contributed by atoms with Crippen molar-refractivity contribution in [2.24, 2.45) is 0 Å². The van der Waals surface area contributed by atoms with Gasteiger partial charge < -0.3 is 19.4 Å². The van der Waals surface area contributed by atoms with E-state index in [0.717, 1.165) is 25.7 Å². The van der Waals surface area contributed by atoms with Gasteiger partial charge >= 0.3 is 0 Å². The Balaban J connectivity index is 1.72. The molecule has 3 aromatic rings. The molecule has 2 heterocycles. The summed E-state index contributed by atoms with van der Waals surface area (Å²) in [7, 11) is 1.52. The van der Waals surface area contributed by atoms with E-state index in [1.165, 1.54) is 7.11 Å². The Kier molecular flexibility index (Phi) is 5.51. The molecule has 6 nitrogen and oxygen atoms in total. The first-order valence-electron chi connectivity index (χ1n) is 9.94. The summed E-state index contributed by atoms with van der Waals surface area (Å²) >= 11 is 0. The van der Waals surface area contributed by atoms with E-state index in [2.05, 4.69) is 5.32 Å². The van der Waals surface area contributed by atoms with Gasteiger partial charge in [0.15, 0.2) is 0 Å². The van der Waals surface area contributed by atoms with Crippen molar-refractivity contribution in [2.45, 2.75) is 25.7 Å². The summed E-state index contributed by atoms with van der Waals surface area (Å²) in [5.41, 5.74) is 1.38. The van der Waals surface area contributed by atoms with E-state index >= 15 is 0 Å². The number of ether oxygens (including phenoxy) is 1. The Morgan fingerprint density at radius 1 is 0.966 bits per heavy atom. The molecule has 1 fully saturated rings. The van der Waals surface area contributed by atoms with Crippen molar-refractivity contribution in [1.29, 1.82) is 0 Å². The summed E-state index contributed by atoms with van der Waals surface area (Å²) in [6, 6.07) is 14.3. The van der Waals surface area contributed by atoms with Gasteiger partial charge in [0.25, 0.3) is 11.8 Å². The van der Waals surface area contributed by atoms with Crippen LogP contribution in [0.5, 0.6) is 5.75 Å². The number of nitrogens with one attached hydrogen (secondary N) is 1. The first kappa shape index (κ1) is 19.1. The molecule has 0 aliphatic carbocycles. The number of carbonyl (C=O) groups excluding carboxylic acids is 2. The Hall–Kier alpha value is -3.28. The van der Waals surface area contributed by atoms with Gasteiger partial charge in [-0.1, -0.05) is 37.1 Å². The van der Waals surface area contributed by atoms with Gasteiger partial charge in [-0.05, 0) is 37.1 Å². The van der Waals surface area contributed by atoms with Crippen LogP contribution in [0.25, 0.3) is 11.0 Å². The quantitative estimate of drug-likeness (QED) is 0.698. The molecule has 2 aromatic carbocycles. The Morgan fingerprint density at radius 2 is 1.66 bits per heavy atom. The average molecular weight is 392 g/mol. The molecule has 6 heteroatoms. The highest BCUT2D eigenvalue weighted by Crippen LogP contribution is 2.33. The smallest absolute Gasteiger partial charge is 0.291 e. The van der Waals surface area contributed by atoms with Crippen molar-refractivity contribution in [3.63, 3.8) is 0 Å². The number of furan rings is 1. The van der Waals surface area contributed by atoms with E-state index in [1.807, 2.05) is 23.1 Å². The zero-order valence-electron chi connectivity index (χ0n) is 16.4. The van der Waals surface area contributed by atoms with E-state index in [4.69, 9.17) is 9.15 Å². The highest BCUT2D eigenvalue weighted by molar-refractivity contribution is 6.15. The van der Waals surface area contributed by atoms with E-state index in [9.17, 15) is 9.59 Å². The van der Waals surface area contributed by atoms with Crippen LogP contribution in [0, 0.1) is 0 Å². The van der Waals surface area contributed by atoms with Crippen LogP contribution in [0.2, 0.25) is 0 Å². The van der Waals surface area contributed by atoms with Crippen LogP contribution in [0.1, 0.15) is 46.6 Å². The van der Waals surface area contributed by atoms with Crippen LogP contribution in [0.4, 0.5) is 5.69 Å². The third kappa shape index (κ3) is 3.83. The Labute approximate surface area is 169 Å². The fourth-order valence-corrected chi connectivity index (χ4v) is 3.75. The lowest BCUT2D eigenvalue weighted by atomic mass is 10.1. The molecule has 1 saturated heterocycles. The average Bonchev–Trinajstić information content (AvgIpc) is 2.92. The number of fused-ring (bicyclic) bond motifs is 1. The topological polar surface area (TPSA) is 71.8 Å². The maximum absolute atomic E-state index is 13.2. The highest BCUT2D eigenvalue weighted by Gasteiger charge is 2.27. The summed E-state index contributed by atoms with van der Waals surface area (Å²) in [5, 5.41) is 3.60. The summed E-state index contributed by atoms with van der Waals surface area (Å²) in [6.45, 7) is 1.41. The lowest BCUT2D eigenvalue weighted by molar-refractivity contribution is 0.0733. The Morgan fingerprint density at radius 3 is 2.41 bits per heavy atom. The molecular weight excluding hydrogens is 368 g/mol. The van der Waals surface area contributed by atoms with E-state index in [1.54, 1.807) is 30.3 Å². The number of anilines is 1. The molecule has 0 bridgehead atoms. The molecule has 1 aromatic heterocycles. The molecule has 150 valence electrons. The summed E-state index contributed by atoms with van der Waals surface area (Å²) in [6.07, 6.45) is 4.21. The number of rotatable bonds is 4. The van der Waals surface area contributed by atoms with Gasteiger partial charge in [-0.3, -0.25) is 9.59 Å². The second kappa shape index (κ2) is 8.39. The molecule has 29 heavy (non-hydrogen) atoms. The standard InChI is InChI=1S/C23H24N2O4/c1-28-18-12-6-5-11-17(18)22(26)24-20-16-10-4-7-13-19(16)29-21(20)23(27)25-14-8-2-3-9-15-25/h4-7,10-13H,2-3,8-9,14-15H2,1H3,(H,24,26). The molecule has 0 unspecified atom stereocenters. The lowest BCUT2D eigenvalue weighted by Gasteiger charge is -2.19. The lowest BCUT2D eigenvalue weighted by Crippen LogP contribution is -2.32. The minimum atomic E-state index is -0.348. The van der Waals surface area contributed by atoms with Gasteiger partial charge in [0, 0.05) is 18.5 Å². The van der Waals surface area contributed by atoms with Crippen LogP contribution in [0.3, 0.4) is 0 Å². The molecule has 1 aliphatic rings. The summed E-state index contributed by atoms with van der Waals surface area (Å²) in [4.78, 5) is 28.0. The summed E-state index contributed by atoms with van der Waals surface area (Å²) in [5.74, 6) is 0.117. The number of hydrogen-bond donors (Lipinski definition) is 1. The number of hydrogen-bond acceptors (Lipinski definition) is 4. The van der Waals surface area contributed by atoms with Crippen molar-refractivity contribution in [1.82, 2.24) is 4.90 Å². The van der Waals surface area contributed by atoms with Crippen molar-refractivity contribution in [2.75, 3.05) is 25.5 Å². The number of para-hydroxylation sites is 2. The first-order chi connectivity index (χ1) is 14.2. The van der Waals surface area contributed by atoms with Gasteiger partial charge in [0.1, 0.15) is 17.0 Å². The number of amides is 2. The minimum absolute atomic E-state index is 0.177. The largest absolute Gasteiger partial charge is 0.496 e. The van der Waals surface area contributed by atoms with Crippen molar-refractivity contribution in [3.05, 3.63) is 59.9 Å². The fraction of sp³-hybridized carbons (Fsp3) is 0.304. The highest BCUT2D eigenvalue weighted by atomic mass is 16.5. The first-order valence-corrected chi connectivity index (χ1v) is 9.94. The van der Waals surface area contributed by atoms with Crippen LogP contribution < -0.4 is 10.1 Å². The number of nitrogens with zero attached hydrogens (tertiary/aromatic N) is 1. The van der Waals surface area contributed by atoms with Crippen LogP contribution in [-0.2, 0) is 0 Å². The molecule has 0 spiro atoms. The van der Waals surface area contributed by atoms with E-state index < -0.39 is 0 Å². The van der Waals surface area contributed by atoms with Crippen molar-refractivity contribution in [3.8, 4) is 5.75 Å². The third-order valence-corrected chi connectivity index (χ3v) is 5.27. The maximum Gasteiger partial charge on any atom is 0.291 e. The molecule has 0 radical (unpaired) electrons. The van der Waals surface area contributed by atoms with Crippen molar-refractivity contribution >= 4 is 28.5 Å². The zero-order chi connectivity index (χ0) is 20.2. The number of methoxy groups -OCH3 is 1. The second-order valence-corrected chi connectivity index (χ2v) is 7.16. The predicted molar refractivity (Wildman–Crippen MR) is 112 cm³/mol. The van der Waals surface area contributed by atoms with Crippen LogP contribution >= 0.6 is 0 Å². The molecule has 0 atom stereocenters. The number of benzene rings is 2. The predicted octanol–water partition coefficient (Wildman–Crippen LogP) is 4.71. The van der Waals surface area contributed by atoms with Gasteiger partial charge in [0.05, 0.1) is 12.7 Å². The molecular formula is C23H24N2O4. The molecule has 0 saturated carbocycles. The number of likely N-dealkylation sites (tertiary alicyclic amines) is 1. The van der Waals surface area contributed by atoms with E-state index in [0.29, 0.717) is 41.1 Å². The van der Waals surface area contributed by atoms with Crippen LogP contribution in [0.15, 0.2) is 52.9 Å². The van der Waals surface area contributed by atoms with Gasteiger partial charge in [-0.2, -0.15) is 0 Å². The van der Waals surface area contributed by atoms with Gasteiger partial charge in [-0.25, -0.2) is 0 Å². The van der Waals surface area contributed by atoms with E-state index in [-0.39, 0.29) is 17.6 Å². The zero-order valence-corrected chi connectivity index (χ0v) is 16.4. The normalized spacial score (nSPS) is 14.4. The number of carbonyl (C=O) groups is 2. The monoisotopic (exact) mass is 392 g/mol. The van der Waals surface area contributed by atoms with Gasteiger partial charge in [-0.15, -0.1) is 0 Å². The maximum atomic E-state index is 13.2. The molecule has 2 amide bonds. The van der Waals surface area contributed by atoms with Gasteiger partial charge in [0.2, 0.25) is 5.76 Å². The minimum Gasteiger partial charge on any atom is -0.496 e. The Bertz CT molecular complexity index is 1030. The molecule has 1 aliphatic heterocycles.